The van der Waals surface area contributed by atoms with Gasteiger partial charge in [0.2, 0.25) is 0 Å². The second-order valence-corrected chi connectivity index (χ2v) is 6.74. The van der Waals surface area contributed by atoms with E-state index in [1.54, 1.807) is 11.6 Å². The van der Waals surface area contributed by atoms with Crippen LogP contribution < -0.4 is 5.32 Å². The van der Waals surface area contributed by atoms with E-state index in [1.165, 1.54) is 18.2 Å². The van der Waals surface area contributed by atoms with Crippen LogP contribution in [-0.4, -0.2) is 15.7 Å². The third-order valence-corrected chi connectivity index (χ3v) is 4.60. The first-order valence-electron chi connectivity index (χ1n) is 7.90. The molecule has 134 valence electrons. The number of hydrogen-bond donors (Lipinski definition) is 1. The lowest BCUT2D eigenvalue weighted by Gasteiger charge is -2.07. The predicted molar refractivity (Wildman–Crippen MR) is 102 cm³/mol. The highest BCUT2D eigenvalue weighted by Gasteiger charge is 2.21. The zero-order valence-corrected chi connectivity index (χ0v) is 15.7. The summed E-state index contributed by atoms with van der Waals surface area (Å²) in [4.78, 5) is 12.6. The second-order valence-electron chi connectivity index (χ2n) is 5.98. The van der Waals surface area contributed by atoms with E-state index in [9.17, 15) is 9.18 Å². The second kappa shape index (κ2) is 7.48. The summed E-state index contributed by atoms with van der Waals surface area (Å²) in [6, 6.07) is 11.9. The van der Waals surface area contributed by atoms with Crippen molar-refractivity contribution in [3.8, 4) is 0 Å². The maximum atomic E-state index is 13.2. The Morgan fingerprint density at radius 2 is 1.85 bits per heavy atom. The fourth-order valence-electron chi connectivity index (χ4n) is 2.55. The molecular formula is C19H16Cl2FN3O. The summed E-state index contributed by atoms with van der Waals surface area (Å²) in [6.07, 6.45) is 0. The molecule has 1 heterocycles. The first-order chi connectivity index (χ1) is 12.3. The van der Waals surface area contributed by atoms with Gasteiger partial charge in [-0.3, -0.25) is 4.79 Å². The lowest BCUT2D eigenvalue weighted by molar-refractivity contribution is 0.102. The van der Waals surface area contributed by atoms with E-state index in [1.807, 2.05) is 31.2 Å². The molecule has 0 spiro atoms. The van der Waals surface area contributed by atoms with Crippen LogP contribution in [0.4, 0.5) is 10.1 Å². The van der Waals surface area contributed by atoms with Crippen molar-refractivity contribution in [3.63, 3.8) is 0 Å². The van der Waals surface area contributed by atoms with Gasteiger partial charge >= 0.3 is 0 Å². The van der Waals surface area contributed by atoms with Crippen molar-refractivity contribution in [2.24, 2.45) is 0 Å². The van der Waals surface area contributed by atoms with Gasteiger partial charge in [-0.15, -0.1) is 0 Å². The Morgan fingerprint density at radius 1 is 1.15 bits per heavy atom. The van der Waals surface area contributed by atoms with Crippen LogP contribution in [0, 0.1) is 19.7 Å². The molecule has 3 rings (SSSR count). The zero-order valence-electron chi connectivity index (χ0n) is 14.2. The molecule has 2 aromatic carbocycles. The topological polar surface area (TPSA) is 46.9 Å². The monoisotopic (exact) mass is 391 g/mol. The number of carbonyl (C=O) groups excluding carboxylic acids is 1. The fraction of sp³-hybridized carbons (Fsp3) is 0.158. The smallest absolute Gasteiger partial charge is 0.260 e. The molecule has 1 amide bonds. The van der Waals surface area contributed by atoms with Gasteiger partial charge < -0.3 is 5.32 Å². The summed E-state index contributed by atoms with van der Waals surface area (Å²) in [7, 11) is 0. The molecule has 0 atom stereocenters. The van der Waals surface area contributed by atoms with E-state index in [0.717, 1.165) is 11.1 Å². The van der Waals surface area contributed by atoms with Gasteiger partial charge in [0.25, 0.3) is 5.91 Å². The molecule has 7 heteroatoms. The summed E-state index contributed by atoms with van der Waals surface area (Å²) in [5, 5.41) is 7.20. The minimum absolute atomic E-state index is 0.0688. The largest absolute Gasteiger partial charge is 0.322 e. The van der Waals surface area contributed by atoms with Crippen molar-refractivity contribution in [3.05, 3.63) is 80.8 Å². The number of aromatic nitrogens is 2. The Bertz CT molecular complexity index is 968. The van der Waals surface area contributed by atoms with Gasteiger partial charge in [0.1, 0.15) is 11.0 Å². The Morgan fingerprint density at radius 3 is 2.50 bits per heavy atom. The zero-order chi connectivity index (χ0) is 18.8. The van der Waals surface area contributed by atoms with Crippen LogP contribution in [-0.2, 0) is 6.54 Å². The van der Waals surface area contributed by atoms with Crippen molar-refractivity contribution in [2.45, 2.75) is 20.4 Å². The third kappa shape index (κ3) is 3.89. The molecule has 0 bridgehead atoms. The van der Waals surface area contributed by atoms with Crippen LogP contribution in [0.1, 0.15) is 27.2 Å². The summed E-state index contributed by atoms with van der Waals surface area (Å²) < 4.78 is 14.8. The average Bonchev–Trinajstić information content (AvgIpc) is 2.87. The van der Waals surface area contributed by atoms with E-state index in [0.29, 0.717) is 17.9 Å². The minimum Gasteiger partial charge on any atom is -0.322 e. The standard InChI is InChI=1S/C19H16Cl2FN3O/c1-11-3-5-13(6-4-11)10-25-18(21)17(12(2)24-25)19(26)23-14-7-8-16(22)15(20)9-14/h3-9H,10H2,1-2H3,(H,23,26). The van der Waals surface area contributed by atoms with Gasteiger partial charge in [-0.2, -0.15) is 5.10 Å². The molecule has 0 saturated carbocycles. The average molecular weight is 392 g/mol. The Kier molecular flexibility index (Phi) is 5.30. The van der Waals surface area contributed by atoms with E-state index < -0.39 is 11.7 Å². The molecule has 4 nitrogen and oxygen atoms in total. The molecule has 0 saturated heterocycles. The number of aryl methyl sites for hydroxylation is 2. The highest BCUT2D eigenvalue weighted by Crippen LogP contribution is 2.24. The number of nitrogens with zero attached hydrogens (tertiary/aromatic N) is 2. The summed E-state index contributed by atoms with van der Waals surface area (Å²) in [5.74, 6) is -0.977. The van der Waals surface area contributed by atoms with Gasteiger partial charge in [0.05, 0.1) is 22.8 Å². The van der Waals surface area contributed by atoms with Crippen molar-refractivity contribution in [1.29, 1.82) is 0 Å². The molecule has 0 radical (unpaired) electrons. The molecule has 0 fully saturated rings. The Labute approximate surface area is 160 Å². The van der Waals surface area contributed by atoms with E-state index in [-0.39, 0.29) is 15.7 Å². The summed E-state index contributed by atoms with van der Waals surface area (Å²) in [6.45, 7) is 4.18. The molecule has 0 unspecified atom stereocenters. The van der Waals surface area contributed by atoms with Crippen molar-refractivity contribution >= 4 is 34.8 Å². The quantitative estimate of drug-likeness (QED) is 0.660. The minimum atomic E-state index is -0.551. The fourth-order valence-corrected chi connectivity index (χ4v) is 3.05. The molecule has 0 aliphatic heterocycles. The number of halogens is 3. The number of benzene rings is 2. The summed E-state index contributed by atoms with van der Waals surface area (Å²) in [5.41, 5.74) is 3.35. The van der Waals surface area contributed by atoms with Crippen LogP contribution in [0.2, 0.25) is 10.2 Å². The number of anilines is 1. The van der Waals surface area contributed by atoms with Crippen LogP contribution >= 0.6 is 23.2 Å². The van der Waals surface area contributed by atoms with Crippen LogP contribution in [0.5, 0.6) is 0 Å². The lowest BCUT2D eigenvalue weighted by atomic mass is 10.1. The lowest BCUT2D eigenvalue weighted by Crippen LogP contribution is -2.13. The van der Waals surface area contributed by atoms with Gasteiger partial charge in [-0.25, -0.2) is 9.07 Å². The molecule has 0 aliphatic carbocycles. The van der Waals surface area contributed by atoms with Gasteiger partial charge in [-0.05, 0) is 37.6 Å². The SMILES string of the molecule is Cc1ccc(Cn2nc(C)c(C(=O)Nc3ccc(F)c(Cl)c3)c2Cl)cc1. The van der Waals surface area contributed by atoms with Crippen LogP contribution in [0.15, 0.2) is 42.5 Å². The third-order valence-electron chi connectivity index (χ3n) is 3.92. The first kappa shape index (κ1) is 18.4. The molecule has 0 aliphatic rings. The molecule has 3 aromatic rings. The predicted octanol–water partition coefficient (Wildman–Crippen LogP) is 5.25. The van der Waals surface area contributed by atoms with E-state index in [2.05, 4.69) is 10.4 Å². The van der Waals surface area contributed by atoms with Crippen molar-refractivity contribution < 1.29 is 9.18 Å². The van der Waals surface area contributed by atoms with Gasteiger partial charge in [0.15, 0.2) is 0 Å². The van der Waals surface area contributed by atoms with Gasteiger partial charge in [-0.1, -0.05) is 53.0 Å². The molecule has 1 aromatic heterocycles. The number of carbonyl (C=O) groups is 1. The van der Waals surface area contributed by atoms with E-state index in [4.69, 9.17) is 23.2 Å². The summed E-state index contributed by atoms with van der Waals surface area (Å²) >= 11 is 12.1. The molecule has 1 N–H and O–H groups in total. The van der Waals surface area contributed by atoms with Crippen LogP contribution in [0.25, 0.3) is 0 Å². The maximum Gasteiger partial charge on any atom is 0.260 e. The molecular weight excluding hydrogens is 376 g/mol. The maximum absolute atomic E-state index is 13.2. The first-order valence-corrected chi connectivity index (χ1v) is 8.65. The van der Waals surface area contributed by atoms with Crippen molar-refractivity contribution in [2.75, 3.05) is 5.32 Å². The van der Waals surface area contributed by atoms with Crippen LogP contribution in [0.3, 0.4) is 0 Å². The van der Waals surface area contributed by atoms with Crippen molar-refractivity contribution in [1.82, 2.24) is 9.78 Å². The normalized spacial score (nSPS) is 10.8. The Hall–Kier alpha value is -2.37. The highest BCUT2D eigenvalue weighted by atomic mass is 35.5. The molecule has 26 heavy (non-hydrogen) atoms. The highest BCUT2D eigenvalue weighted by molar-refractivity contribution is 6.34. The Balaban J connectivity index is 1.83. The number of amides is 1. The van der Waals surface area contributed by atoms with E-state index >= 15 is 0 Å². The number of rotatable bonds is 4. The number of hydrogen-bond acceptors (Lipinski definition) is 2. The van der Waals surface area contributed by atoms with Gasteiger partial charge in [0, 0.05) is 5.69 Å². The number of nitrogens with one attached hydrogen (secondary N) is 1.